The molecular formula is C21H23BrN2O5. The third kappa shape index (κ3) is 4.84. The number of aliphatic hydroxyl groups is 3. The first kappa shape index (κ1) is 21.4. The van der Waals surface area contributed by atoms with Gasteiger partial charge >= 0.3 is 0 Å². The number of carbonyl (C=O) groups is 2. The second-order valence-corrected chi connectivity index (χ2v) is 8.04. The van der Waals surface area contributed by atoms with Crippen LogP contribution >= 0.6 is 15.9 Å². The van der Waals surface area contributed by atoms with E-state index in [0.717, 1.165) is 21.2 Å². The summed E-state index contributed by atoms with van der Waals surface area (Å²) in [4.78, 5) is 24.7. The van der Waals surface area contributed by atoms with Crippen LogP contribution in [0.15, 0.2) is 53.0 Å². The van der Waals surface area contributed by atoms with E-state index in [0.29, 0.717) is 6.42 Å². The van der Waals surface area contributed by atoms with Gasteiger partial charge in [-0.2, -0.15) is 0 Å². The number of fused-ring (bicyclic) bond motifs is 1. The van der Waals surface area contributed by atoms with E-state index < -0.39 is 42.2 Å². The normalized spacial score (nSPS) is 21.0. The van der Waals surface area contributed by atoms with Gasteiger partial charge in [-0.1, -0.05) is 52.3 Å². The molecule has 0 aliphatic heterocycles. The summed E-state index contributed by atoms with van der Waals surface area (Å²) >= 11 is 3.33. The molecule has 29 heavy (non-hydrogen) atoms. The lowest BCUT2D eigenvalue weighted by Gasteiger charge is -2.23. The van der Waals surface area contributed by atoms with Gasteiger partial charge in [0.1, 0.15) is 0 Å². The van der Waals surface area contributed by atoms with E-state index >= 15 is 0 Å². The van der Waals surface area contributed by atoms with Gasteiger partial charge in [0.2, 0.25) is 0 Å². The topological polar surface area (TPSA) is 119 Å². The number of halogens is 1. The van der Waals surface area contributed by atoms with E-state index in [1.54, 1.807) is 19.1 Å². The van der Waals surface area contributed by atoms with E-state index in [9.17, 15) is 24.9 Å². The number of carbonyl (C=O) groups excluding carboxylic acids is 2. The van der Waals surface area contributed by atoms with E-state index in [1.165, 1.54) is 0 Å². The summed E-state index contributed by atoms with van der Waals surface area (Å²) in [6, 6.07) is 13.4. The largest absolute Gasteiger partial charge is 0.390 e. The van der Waals surface area contributed by atoms with Crippen molar-refractivity contribution in [2.75, 3.05) is 0 Å². The van der Waals surface area contributed by atoms with Crippen LogP contribution in [-0.4, -0.2) is 45.4 Å². The maximum absolute atomic E-state index is 12.4. The molecule has 3 rings (SSSR count). The number of nitrogens with one attached hydrogen (secondary N) is 2. The highest BCUT2D eigenvalue weighted by Crippen LogP contribution is 2.31. The van der Waals surface area contributed by atoms with Gasteiger partial charge in [0.25, 0.3) is 11.8 Å². The molecule has 2 aromatic rings. The molecule has 1 aliphatic rings. The molecule has 1 aliphatic carbocycles. The van der Waals surface area contributed by atoms with E-state index in [1.807, 2.05) is 36.4 Å². The van der Waals surface area contributed by atoms with Gasteiger partial charge in [0, 0.05) is 10.9 Å². The average molecular weight is 463 g/mol. The molecule has 0 saturated carbocycles. The standard InChI is InChI=1S/C21H23BrN2O5/c1-11(12-6-8-14(22)9-7-12)23-20(28)18(26)19(27)21(29)24-17-15-5-3-2-4-13(15)10-16(17)25/h2-9,11,16-19,25-27H,10H2,1H3,(H,23,28)(H,24,29)/t11-,16+,17?,18+,19+/m0/s1. The van der Waals surface area contributed by atoms with E-state index in [2.05, 4.69) is 26.6 Å². The van der Waals surface area contributed by atoms with Gasteiger partial charge in [-0.25, -0.2) is 0 Å². The molecule has 154 valence electrons. The number of rotatable bonds is 6. The van der Waals surface area contributed by atoms with Crippen LogP contribution in [0.5, 0.6) is 0 Å². The Balaban J connectivity index is 1.60. The zero-order chi connectivity index (χ0) is 21.1. The van der Waals surface area contributed by atoms with Crippen molar-refractivity contribution in [3.8, 4) is 0 Å². The van der Waals surface area contributed by atoms with E-state index in [-0.39, 0.29) is 0 Å². The van der Waals surface area contributed by atoms with E-state index in [4.69, 9.17) is 0 Å². The van der Waals surface area contributed by atoms with Gasteiger partial charge in [-0.15, -0.1) is 0 Å². The molecule has 7 nitrogen and oxygen atoms in total. The molecule has 0 heterocycles. The van der Waals surface area contributed by atoms with Gasteiger partial charge in [0.15, 0.2) is 12.2 Å². The molecular weight excluding hydrogens is 440 g/mol. The molecule has 0 radical (unpaired) electrons. The van der Waals surface area contributed by atoms with Crippen LogP contribution in [-0.2, 0) is 16.0 Å². The summed E-state index contributed by atoms with van der Waals surface area (Å²) in [5.41, 5.74) is 2.46. The number of hydrogen-bond acceptors (Lipinski definition) is 5. The molecule has 5 atom stereocenters. The Kier molecular flexibility index (Phi) is 6.69. The summed E-state index contributed by atoms with van der Waals surface area (Å²) in [5, 5.41) is 35.6. The molecule has 0 spiro atoms. The van der Waals surface area contributed by atoms with Crippen molar-refractivity contribution in [3.63, 3.8) is 0 Å². The van der Waals surface area contributed by atoms with Gasteiger partial charge in [-0.05, 0) is 35.7 Å². The monoisotopic (exact) mass is 462 g/mol. The third-order valence-electron chi connectivity index (χ3n) is 5.07. The summed E-state index contributed by atoms with van der Waals surface area (Å²) in [6.07, 6.45) is -4.37. The second kappa shape index (κ2) is 9.04. The quantitative estimate of drug-likeness (QED) is 0.440. The van der Waals surface area contributed by atoms with Gasteiger partial charge in [0.05, 0.1) is 18.2 Å². The van der Waals surface area contributed by atoms with Crippen molar-refractivity contribution in [1.29, 1.82) is 0 Å². The summed E-state index contributed by atoms with van der Waals surface area (Å²) in [6.45, 7) is 1.73. The zero-order valence-corrected chi connectivity index (χ0v) is 17.3. The Bertz CT molecular complexity index is 889. The maximum atomic E-state index is 12.4. The van der Waals surface area contributed by atoms with Crippen LogP contribution in [0.3, 0.4) is 0 Å². The number of benzene rings is 2. The lowest BCUT2D eigenvalue weighted by molar-refractivity contribution is -0.147. The molecule has 8 heteroatoms. The van der Waals surface area contributed by atoms with Crippen molar-refractivity contribution in [2.45, 2.75) is 43.7 Å². The summed E-state index contributed by atoms with van der Waals surface area (Å²) < 4.78 is 0.891. The molecule has 5 N–H and O–H groups in total. The smallest absolute Gasteiger partial charge is 0.252 e. The Morgan fingerprint density at radius 3 is 2.34 bits per heavy atom. The molecule has 2 amide bonds. The van der Waals surface area contributed by atoms with Crippen LogP contribution in [0, 0.1) is 0 Å². The van der Waals surface area contributed by atoms with Crippen molar-refractivity contribution in [1.82, 2.24) is 10.6 Å². The predicted octanol–water partition coefficient (Wildman–Crippen LogP) is 1.12. The average Bonchev–Trinajstić information content (AvgIpc) is 3.02. The highest BCUT2D eigenvalue weighted by molar-refractivity contribution is 9.10. The molecule has 2 aromatic carbocycles. The zero-order valence-electron chi connectivity index (χ0n) is 15.7. The summed E-state index contributed by atoms with van der Waals surface area (Å²) in [7, 11) is 0. The fourth-order valence-electron chi connectivity index (χ4n) is 3.41. The van der Waals surface area contributed by atoms with Crippen LogP contribution in [0.25, 0.3) is 0 Å². The highest BCUT2D eigenvalue weighted by atomic mass is 79.9. The molecule has 0 saturated heterocycles. The van der Waals surface area contributed by atoms with Crippen molar-refractivity contribution < 1.29 is 24.9 Å². The van der Waals surface area contributed by atoms with Gasteiger partial charge in [-0.3, -0.25) is 9.59 Å². The fourth-order valence-corrected chi connectivity index (χ4v) is 3.67. The highest BCUT2D eigenvalue weighted by Gasteiger charge is 2.36. The first-order chi connectivity index (χ1) is 13.8. The lowest BCUT2D eigenvalue weighted by atomic mass is 10.1. The minimum Gasteiger partial charge on any atom is -0.390 e. The van der Waals surface area contributed by atoms with Crippen LogP contribution in [0.1, 0.15) is 35.7 Å². The second-order valence-electron chi connectivity index (χ2n) is 7.13. The van der Waals surface area contributed by atoms with Crippen LogP contribution in [0.2, 0.25) is 0 Å². The van der Waals surface area contributed by atoms with Gasteiger partial charge < -0.3 is 26.0 Å². The minimum atomic E-state index is -1.97. The Morgan fingerprint density at radius 2 is 1.66 bits per heavy atom. The molecule has 0 aromatic heterocycles. The number of hydrogen-bond donors (Lipinski definition) is 5. The SMILES string of the molecule is C[C@H](NC(=O)[C@H](O)[C@@H](O)C(=O)NC1c2ccccc2C[C@H]1O)c1ccc(Br)cc1. The minimum absolute atomic E-state index is 0.380. The summed E-state index contributed by atoms with van der Waals surface area (Å²) in [5.74, 6) is -1.79. The first-order valence-corrected chi connectivity index (χ1v) is 10.1. The van der Waals surface area contributed by atoms with Crippen LogP contribution in [0.4, 0.5) is 0 Å². The first-order valence-electron chi connectivity index (χ1n) is 9.26. The number of amides is 2. The van der Waals surface area contributed by atoms with Crippen molar-refractivity contribution in [2.24, 2.45) is 0 Å². The molecule has 0 fully saturated rings. The Labute approximate surface area is 176 Å². The lowest BCUT2D eigenvalue weighted by Crippen LogP contribution is -2.51. The fraction of sp³-hybridized carbons (Fsp3) is 0.333. The molecule has 0 bridgehead atoms. The Morgan fingerprint density at radius 1 is 1.03 bits per heavy atom. The van der Waals surface area contributed by atoms with Crippen molar-refractivity contribution >= 4 is 27.7 Å². The third-order valence-corrected chi connectivity index (χ3v) is 5.60. The van der Waals surface area contributed by atoms with Crippen molar-refractivity contribution in [3.05, 3.63) is 69.7 Å². The number of aliphatic hydroxyl groups excluding tert-OH is 3. The maximum Gasteiger partial charge on any atom is 0.252 e. The predicted molar refractivity (Wildman–Crippen MR) is 110 cm³/mol. The molecule has 1 unspecified atom stereocenters. The van der Waals surface area contributed by atoms with Crippen LogP contribution < -0.4 is 10.6 Å². The Hall–Kier alpha value is -2.26.